The van der Waals surface area contributed by atoms with Crippen molar-refractivity contribution in [3.05, 3.63) is 29.3 Å². The quantitative estimate of drug-likeness (QED) is 0.701. The zero-order chi connectivity index (χ0) is 15.0. The van der Waals surface area contributed by atoms with Crippen molar-refractivity contribution in [2.75, 3.05) is 12.4 Å². The lowest BCUT2D eigenvalue weighted by Crippen LogP contribution is -2.33. The molecule has 1 amide bonds. The van der Waals surface area contributed by atoms with E-state index in [1.807, 2.05) is 32.2 Å². The number of benzene rings is 1. The lowest BCUT2D eigenvalue weighted by molar-refractivity contribution is 0.0938. The van der Waals surface area contributed by atoms with Gasteiger partial charge in [-0.3, -0.25) is 4.79 Å². The summed E-state index contributed by atoms with van der Waals surface area (Å²) < 4.78 is 0. The summed E-state index contributed by atoms with van der Waals surface area (Å²) in [4.78, 5) is 12.3. The molecule has 0 spiro atoms. The summed E-state index contributed by atoms with van der Waals surface area (Å²) in [5, 5.41) is 6.17. The fourth-order valence-electron chi connectivity index (χ4n) is 2.31. The van der Waals surface area contributed by atoms with E-state index < -0.39 is 0 Å². The van der Waals surface area contributed by atoms with E-state index in [-0.39, 0.29) is 11.9 Å². The molecule has 1 aromatic rings. The topological polar surface area (TPSA) is 41.1 Å². The number of carbonyl (C=O) groups excluding carboxylic acids is 1. The molecule has 0 heterocycles. The van der Waals surface area contributed by atoms with Crippen molar-refractivity contribution < 1.29 is 4.79 Å². The summed E-state index contributed by atoms with van der Waals surface area (Å²) in [6, 6.07) is 6.13. The smallest absolute Gasteiger partial charge is 0.253 e. The molecular formula is C17H28N2O. The molecule has 0 aliphatic carbocycles. The third-order valence-corrected chi connectivity index (χ3v) is 3.56. The predicted molar refractivity (Wildman–Crippen MR) is 86.4 cm³/mol. The fourth-order valence-corrected chi connectivity index (χ4v) is 2.31. The number of rotatable bonds is 8. The second-order valence-corrected chi connectivity index (χ2v) is 5.52. The molecule has 0 bridgehead atoms. The maximum Gasteiger partial charge on any atom is 0.253 e. The second kappa shape index (κ2) is 8.62. The van der Waals surface area contributed by atoms with Crippen molar-refractivity contribution in [1.29, 1.82) is 0 Å². The number of aryl methyl sites for hydroxylation is 1. The van der Waals surface area contributed by atoms with Crippen LogP contribution < -0.4 is 10.6 Å². The van der Waals surface area contributed by atoms with Crippen LogP contribution in [-0.2, 0) is 0 Å². The van der Waals surface area contributed by atoms with E-state index in [0.29, 0.717) is 0 Å². The molecule has 1 atom stereocenters. The molecular weight excluding hydrogens is 248 g/mol. The van der Waals surface area contributed by atoms with E-state index in [2.05, 4.69) is 24.5 Å². The van der Waals surface area contributed by atoms with Crippen LogP contribution in [0.4, 0.5) is 5.69 Å². The van der Waals surface area contributed by atoms with Crippen LogP contribution in [0.2, 0.25) is 0 Å². The van der Waals surface area contributed by atoms with E-state index in [4.69, 9.17) is 0 Å². The van der Waals surface area contributed by atoms with Crippen LogP contribution in [0.1, 0.15) is 61.9 Å². The molecule has 0 saturated heterocycles. The summed E-state index contributed by atoms with van der Waals surface area (Å²) in [7, 11) is 1.84. The van der Waals surface area contributed by atoms with Gasteiger partial charge < -0.3 is 10.6 Å². The highest BCUT2D eigenvalue weighted by Crippen LogP contribution is 2.17. The summed E-state index contributed by atoms with van der Waals surface area (Å²) >= 11 is 0. The number of hydrogen-bond acceptors (Lipinski definition) is 2. The van der Waals surface area contributed by atoms with Gasteiger partial charge in [0.1, 0.15) is 0 Å². The first-order chi connectivity index (χ1) is 9.58. The Kier molecular flexibility index (Phi) is 7.13. The molecule has 0 aliphatic rings. The van der Waals surface area contributed by atoms with Gasteiger partial charge in [0.2, 0.25) is 0 Å². The SMILES string of the molecule is CCCCCCC(C)NC(=O)c1cc(C)ccc1NC. The van der Waals surface area contributed by atoms with Gasteiger partial charge in [-0.2, -0.15) is 0 Å². The zero-order valence-corrected chi connectivity index (χ0v) is 13.3. The standard InChI is InChI=1S/C17H28N2O/c1-5-6-7-8-9-14(3)19-17(20)15-12-13(2)10-11-16(15)18-4/h10-12,14,18H,5-9H2,1-4H3,(H,19,20). The molecule has 3 heteroatoms. The van der Waals surface area contributed by atoms with Crippen molar-refractivity contribution in [1.82, 2.24) is 5.32 Å². The van der Waals surface area contributed by atoms with E-state index in [9.17, 15) is 4.79 Å². The molecule has 112 valence electrons. The lowest BCUT2D eigenvalue weighted by atomic mass is 10.1. The maximum absolute atomic E-state index is 12.3. The third kappa shape index (κ3) is 5.24. The second-order valence-electron chi connectivity index (χ2n) is 5.52. The highest BCUT2D eigenvalue weighted by Gasteiger charge is 2.13. The highest BCUT2D eigenvalue weighted by molar-refractivity contribution is 5.99. The van der Waals surface area contributed by atoms with E-state index in [1.54, 1.807) is 0 Å². The summed E-state index contributed by atoms with van der Waals surface area (Å²) in [5.74, 6) is 0.0149. The number of anilines is 1. The summed E-state index contributed by atoms with van der Waals surface area (Å²) in [6.07, 6.45) is 6.01. The van der Waals surface area contributed by atoms with Crippen LogP contribution in [-0.4, -0.2) is 19.0 Å². The first kappa shape index (κ1) is 16.5. The van der Waals surface area contributed by atoms with Crippen LogP contribution in [0.3, 0.4) is 0 Å². The normalized spacial score (nSPS) is 12.0. The Hall–Kier alpha value is -1.51. The van der Waals surface area contributed by atoms with Crippen molar-refractivity contribution in [2.24, 2.45) is 0 Å². The van der Waals surface area contributed by atoms with Gasteiger partial charge in [-0.05, 0) is 32.4 Å². The molecule has 0 saturated carbocycles. The van der Waals surface area contributed by atoms with Gasteiger partial charge in [0, 0.05) is 18.8 Å². The van der Waals surface area contributed by atoms with Crippen LogP contribution >= 0.6 is 0 Å². The number of unbranched alkanes of at least 4 members (excludes halogenated alkanes) is 3. The van der Waals surface area contributed by atoms with E-state index in [0.717, 1.165) is 23.2 Å². The number of amides is 1. The monoisotopic (exact) mass is 276 g/mol. The van der Waals surface area contributed by atoms with E-state index in [1.165, 1.54) is 25.7 Å². The van der Waals surface area contributed by atoms with Gasteiger partial charge in [-0.15, -0.1) is 0 Å². The van der Waals surface area contributed by atoms with Crippen molar-refractivity contribution in [2.45, 2.75) is 58.9 Å². The molecule has 0 radical (unpaired) electrons. The van der Waals surface area contributed by atoms with Crippen LogP contribution in [0.15, 0.2) is 18.2 Å². The Morgan fingerprint density at radius 2 is 2.00 bits per heavy atom. The zero-order valence-electron chi connectivity index (χ0n) is 13.3. The first-order valence-corrected chi connectivity index (χ1v) is 7.67. The Morgan fingerprint density at radius 1 is 1.25 bits per heavy atom. The van der Waals surface area contributed by atoms with Crippen LogP contribution in [0, 0.1) is 6.92 Å². The molecule has 1 rings (SSSR count). The van der Waals surface area contributed by atoms with Gasteiger partial charge >= 0.3 is 0 Å². The van der Waals surface area contributed by atoms with Crippen LogP contribution in [0.25, 0.3) is 0 Å². The van der Waals surface area contributed by atoms with Gasteiger partial charge in [0.25, 0.3) is 5.91 Å². The summed E-state index contributed by atoms with van der Waals surface area (Å²) in [6.45, 7) is 6.30. The third-order valence-electron chi connectivity index (χ3n) is 3.56. The molecule has 1 aromatic carbocycles. The Balaban J connectivity index is 2.55. The molecule has 0 aromatic heterocycles. The molecule has 3 nitrogen and oxygen atoms in total. The highest BCUT2D eigenvalue weighted by atomic mass is 16.1. The van der Waals surface area contributed by atoms with E-state index >= 15 is 0 Å². The number of hydrogen-bond donors (Lipinski definition) is 2. The van der Waals surface area contributed by atoms with Gasteiger partial charge in [-0.1, -0.05) is 44.2 Å². The van der Waals surface area contributed by atoms with Crippen molar-refractivity contribution in [3.63, 3.8) is 0 Å². The van der Waals surface area contributed by atoms with Gasteiger partial charge in [0.15, 0.2) is 0 Å². The summed E-state index contributed by atoms with van der Waals surface area (Å²) in [5.41, 5.74) is 2.71. The van der Waals surface area contributed by atoms with Crippen molar-refractivity contribution in [3.8, 4) is 0 Å². The van der Waals surface area contributed by atoms with Crippen LogP contribution in [0.5, 0.6) is 0 Å². The minimum Gasteiger partial charge on any atom is -0.387 e. The average molecular weight is 276 g/mol. The molecule has 2 N–H and O–H groups in total. The molecule has 1 unspecified atom stereocenters. The Morgan fingerprint density at radius 3 is 2.65 bits per heavy atom. The first-order valence-electron chi connectivity index (χ1n) is 7.67. The van der Waals surface area contributed by atoms with Gasteiger partial charge in [-0.25, -0.2) is 0 Å². The number of carbonyl (C=O) groups is 1. The minimum atomic E-state index is 0.0149. The Bertz CT molecular complexity index is 429. The Labute approximate surface area is 123 Å². The maximum atomic E-state index is 12.3. The molecule has 0 aliphatic heterocycles. The van der Waals surface area contributed by atoms with Crippen molar-refractivity contribution >= 4 is 11.6 Å². The fraction of sp³-hybridized carbons (Fsp3) is 0.588. The predicted octanol–water partition coefficient (Wildman–Crippen LogP) is 4.13. The average Bonchev–Trinajstić information content (AvgIpc) is 2.43. The number of nitrogens with one attached hydrogen (secondary N) is 2. The molecule has 20 heavy (non-hydrogen) atoms. The largest absolute Gasteiger partial charge is 0.387 e. The lowest BCUT2D eigenvalue weighted by Gasteiger charge is -2.16. The molecule has 0 fully saturated rings. The van der Waals surface area contributed by atoms with Gasteiger partial charge in [0.05, 0.1) is 5.56 Å². The minimum absolute atomic E-state index is 0.0149.